The number of likely N-dealkylation sites (tertiary alicyclic amines) is 2. The molecule has 35 heavy (non-hydrogen) atoms. The SMILES string of the molecule is CC.O=C([C@@H]1CCC(c2ccccc2)N1Cc1ccccc1)N1CCC(Cc2ccccc2)CC1. The van der Waals surface area contributed by atoms with Gasteiger partial charge >= 0.3 is 0 Å². The minimum atomic E-state index is -0.0268. The van der Waals surface area contributed by atoms with E-state index in [-0.39, 0.29) is 6.04 Å². The number of benzene rings is 3. The molecule has 0 spiro atoms. The quantitative estimate of drug-likeness (QED) is 0.393. The van der Waals surface area contributed by atoms with Crippen LogP contribution in [0.5, 0.6) is 0 Å². The predicted molar refractivity (Wildman–Crippen MR) is 145 cm³/mol. The van der Waals surface area contributed by atoms with E-state index in [0.29, 0.717) is 17.9 Å². The maximum atomic E-state index is 13.7. The molecule has 0 bridgehead atoms. The van der Waals surface area contributed by atoms with E-state index < -0.39 is 0 Å². The minimum absolute atomic E-state index is 0.0268. The smallest absolute Gasteiger partial charge is 0.239 e. The summed E-state index contributed by atoms with van der Waals surface area (Å²) in [5, 5.41) is 0. The highest BCUT2D eigenvalue weighted by molar-refractivity contribution is 5.82. The number of nitrogens with zero attached hydrogens (tertiary/aromatic N) is 2. The molecule has 2 saturated heterocycles. The number of carbonyl (C=O) groups is 1. The fourth-order valence-electron chi connectivity index (χ4n) is 5.69. The molecule has 2 aliphatic heterocycles. The van der Waals surface area contributed by atoms with Crippen LogP contribution in [0.4, 0.5) is 0 Å². The maximum absolute atomic E-state index is 13.7. The van der Waals surface area contributed by atoms with E-state index in [1.807, 2.05) is 13.8 Å². The number of rotatable bonds is 6. The van der Waals surface area contributed by atoms with Gasteiger partial charge in [0.2, 0.25) is 5.91 Å². The topological polar surface area (TPSA) is 23.6 Å². The van der Waals surface area contributed by atoms with Crippen molar-refractivity contribution in [2.75, 3.05) is 13.1 Å². The third-order valence-corrected chi connectivity index (χ3v) is 7.48. The molecular formula is C32H40N2O. The first-order valence-corrected chi connectivity index (χ1v) is 13.5. The van der Waals surface area contributed by atoms with E-state index in [0.717, 1.165) is 51.7 Å². The van der Waals surface area contributed by atoms with Crippen molar-refractivity contribution in [3.05, 3.63) is 108 Å². The fraction of sp³-hybridized carbons (Fsp3) is 0.406. The Bertz CT molecular complexity index is 1010. The van der Waals surface area contributed by atoms with Crippen molar-refractivity contribution in [1.29, 1.82) is 0 Å². The summed E-state index contributed by atoms with van der Waals surface area (Å²) in [4.78, 5) is 18.3. The van der Waals surface area contributed by atoms with Crippen molar-refractivity contribution in [3.63, 3.8) is 0 Å². The van der Waals surface area contributed by atoms with Gasteiger partial charge in [0.05, 0.1) is 6.04 Å². The highest BCUT2D eigenvalue weighted by Gasteiger charge is 2.40. The largest absolute Gasteiger partial charge is 0.341 e. The normalized spacial score (nSPS) is 20.8. The standard InChI is InChI=1S/C30H34N2O.C2H6/c33-30(31-20-18-25(19-21-31)22-24-10-4-1-5-11-24)29-17-16-28(27-14-8-3-9-15-27)32(29)23-26-12-6-2-7-13-26;1-2/h1-15,25,28-29H,16-23H2;1-2H3/t28?,29-;/m0./s1. The van der Waals surface area contributed by atoms with Gasteiger partial charge in [-0.15, -0.1) is 0 Å². The number of amides is 1. The molecule has 3 aromatic carbocycles. The molecule has 2 heterocycles. The summed E-state index contributed by atoms with van der Waals surface area (Å²) in [6.45, 7) is 6.60. The molecule has 1 amide bonds. The van der Waals surface area contributed by atoms with Crippen molar-refractivity contribution in [1.82, 2.24) is 9.80 Å². The Labute approximate surface area is 211 Å². The average Bonchev–Trinajstić information content (AvgIpc) is 3.35. The van der Waals surface area contributed by atoms with E-state index in [2.05, 4.69) is 101 Å². The zero-order valence-corrected chi connectivity index (χ0v) is 21.4. The summed E-state index contributed by atoms with van der Waals surface area (Å²) in [5.41, 5.74) is 4.02. The summed E-state index contributed by atoms with van der Waals surface area (Å²) < 4.78 is 0. The van der Waals surface area contributed by atoms with Gasteiger partial charge in [-0.1, -0.05) is 105 Å². The zero-order chi connectivity index (χ0) is 24.5. The summed E-state index contributed by atoms with van der Waals surface area (Å²) in [6, 6.07) is 32.4. The van der Waals surface area contributed by atoms with Crippen LogP contribution in [0.1, 0.15) is 62.3 Å². The van der Waals surface area contributed by atoms with Gasteiger partial charge in [-0.25, -0.2) is 0 Å². The van der Waals surface area contributed by atoms with Crippen LogP contribution in [0.25, 0.3) is 0 Å². The Morgan fingerprint density at radius 1 is 0.714 bits per heavy atom. The molecule has 184 valence electrons. The lowest BCUT2D eigenvalue weighted by atomic mass is 9.90. The molecule has 2 fully saturated rings. The van der Waals surface area contributed by atoms with E-state index in [4.69, 9.17) is 0 Å². The molecule has 1 unspecified atom stereocenters. The van der Waals surface area contributed by atoms with Crippen LogP contribution < -0.4 is 0 Å². The van der Waals surface area contributed by atoms with Crippen molar-refractivity contribution in [2.24, 2.45) is 5.92 Å². The minimum Gasteiger partial charge on any atom is -0.341 e. The Morgan fingerprint density at radius 2 is 1.26 bits per heavy atom. The highest BCUT2D eigenvalue weighted by atomic mass is 16.2. The molecule has 0 saturated carbocycles. The van der Waals surface area contributed by atoms with Crippen molar-refractivity contribution in [2.45, 2.75) is 64.6 Å². The van der Waals surface area contributed by atoms with Crippen LogP contribution in [0.2, 0.25) is 0 Å². The van der Waals surface area contributed by atoms with E-state index in [9.17, 15) is 4.79 Å². The van der Waals surface area contributed by atoms with Gasteiger partial charge in [-0.3, -0.25) is 9.69 Å². The van der Waals surface area contributed by atoms with Crippen molar-refractivity contribution >= 4 is 5.91 Å². The van der Waals surface area contributed by atoms with Gasteiger partial charge < -0.3 is 4.90 Å². The Balaban J connectivity index is 0.00000141. The van der Waals surface area contributed by atoms with Crippen LogP contribution in [0, 0.1) is 5.92 Å². The lowest BCUT2D eigenvalue weighted by Gasteiger charge is -2.37. The predicted octanol–water partition coefficient (Wildman–Crippen LogP) is 6.90. The second-order valence-corrected chi connectivity index (χ2v) is 9.64. The summed E-state index contributed by atoms with van der Waals surface area (Å²) in [7, 11) is 0. The monoisotopic (exact) mass is 468 g/mol. The third kappa shape index (κ3) is 6.41. The first kappa shape index (κ1) is 25.2. The summed E-state index contributed by atoms with van der Waals surface area (Å²) in [5.74, 6) is 1.01. The van der Waals surface area contributed by atoms with Crippen molar-refractivity contribution in [3.8, 4) is 0 Å². The maximum Gasteiger partial charge on any atom is 0.239 e. The van der Waals surface area contributed by atoms with Crippen LogP contribution in [0.3, 0.4) is 0 Å². The van der Waals surface area contributed by atoms with Crippen LogP contribution >= 0.6 is 0 Å². The second-order valence-electron chi connectivity index (χ2n) is 9.64. The molecule has 0 aliphatic carbocycles. The third-order valence-electron chi connectivity index (χ3n) is 7.48. The molecule has 3 aromatic rings. The molecule has 3 heteroatoms. The lowest BCUT2D eigenvalue weighted by Crippen LogP contribution is -2.48. The number of piperidine rings is 1. The second kappa shape index (κ2) is 12.7. The van der Waals surface area contributed by atoms with E-state index >= 15 is 0 Å². The molecule has 5 rings (SSSR count). The molecule has 2 aliphatic rings. The molecule has 0 radical (unpaired) electrons. The van der Waals surface area contributed by atoms with Gasteiger partial charge in [-0.05, 0) is 54.7 Å². The van der Waals surface area contributed by atoms with Crippen molar-refractivity contribution < 1.29 is 4.79 Å². The average molecular weight is 469 g/mol. The van der Waals surface area contributed by atoms with Gasteiger partial charge in [0.25, 0.3) is 0 Å². The van der Waals surface area contributed by atoms with Gasteiger partial charge in [0.1, 0.15) is 0 Å². The summed E-state index contributed by atoms with van der Waals surface area (Å²) in [6.07, 6.45) is 5.32. The number of carbonyl (C=O) groups excluding carboxylic acids is 1. The highest BCUT2D eigenvalue weighted by Crippen LogP contribution is 2.38. The first-order chi connectivity index (χ1) is 17.3. The van der Waals surface area contributed by atoms with Gasteiger partial charge in [-0.2, -0.15) is 0 Å². The fourth-order valence-corrected chi connectivity index (χ4v) is 5.69. The molecule has 2 atom stereocenters. The molecule has 0 N–H and O–H groups in total. The Morgan fingerprint density at radius 3 is 1.86 bits per heavy atom. The first-order valence-electron chi connectivity index (χ1n) is 13.5. The zero-order valence-electron chi connectivity index (χ0n) is 21.4. The van der Waals surface area contributed by atoms with Crippen LogP contribution in [-0.4, -0.2) is 34.8 Å². The molecule has 0 aromatic heterocycles. The number of hydrogen-bond donors (Lipinski definition) is 0. The van der Waals surface area contributed by atoms with Gasteiger partial charge in [0.15, 0.2) is 0 Å². The van der Waals surface area contributed by atoms with Crippen LogP contribution in [-0.2, 0) is 17.8 Å². The lowest BCUT2D eigenvalue weighted by molar-refractivity contribution is -0.138. The van der Waals surface area contributed by atoms with E-state index in [1.54, 1.807) is 0 Å². The summed E-state index contributed by atoms with van der Waals surface area (Å²) >= 11 is 0. The Hall–Kier alpha value is -2.91. The number of hydrogen-bond acceptors (Lipinski definition) is 2. The van der Waals surface area contributed by atoms with E-state index in [1.165, 1.54) is 16.7 Å². The molecular weight excluding hydrogens is 428 g/mol. The Kier molecular flexibility index (Phi) is 9.14. The molecule has 3 nitrogen and oxygen atoms in total. The van der Waals surface area contributed by atoms with Gasteiger partial charge in [0, 0.05) is 25.7 Å². The van der Waals surface area contributed by atoms with Crippen LogP contribution in [0.15, 0.2) is 91.0 Å².